The monoisotopic (exact) mass is 573 g/mol. The molecule has 0 saturated carbocycles. The predicted molar refractivity (Wildman–Crippen MR) is 116 cm³/mol. The van der Waals surface area contributed by atoms with E-state index in [-0.39, 0.29) is 22.9 Å². The number of hydrogen-bond acceptors (Lipinski definition) is 6. The SMILES string of the molecule is CC(=O)NCC1CN(S(=O)(=O)c2ccc(F)cc2)c2cc(NC(=O)OC(C(F)(F)F)C(F)(F)F)ccc2O1. The summed E-state index contributed by atoms with van der Waals surface area (Å²) in [7, 11) is -4.43. The van der Waals surface area contributed by atoms with Crippen molar-refractivity contribution in [1.29, 1.82) is 0 Å². The Kier molecular flexibility index (Phi) is 7.99. The summed E-state index contributed by atoms with van der Waals surface area (Å²) in [5, 5.41) is 4.15. The zero-order valence-electron chi connectivity index (χ0n) is 19.1. The number of nitrogens with one attached hydrogen (secondary N) is 2. The Bertz CT molecular complexity index is 1290. The molecule has 0 aliphatic carbocycles. The Morgan fingerprint density at radius 3 is 2.24 bits per heavy atom. The molecule has 1 heterocycles. The van der Waals surface area contributed by atoms with Gasteiger partial charge in [-0.2, -0.15) is 26.3 Å². The number of anilines is 2. The Labute approximate surface area is 210 Å². The average molecular weight is 573 g/mol. The highest BCUT2D eigenvalue weighted by atomic mass is 32.2. The Morgan fingerprint density at radius 1 is 1.08 bits per heavy atom. The number of rotatable bonds is 6. The van der Waals surface area contributed by atoms with E-state index in [9.17, 15) is 48.7 Å². The number of halogens is 7. The smallest absolute Gasteiger partial charge is 0.434 e. The van der Waals surface area contributed by atoms with Crippen LogP contribution in [0.3, 0.4) is 0 Å². The van der Waals surface area contributed by atoms with E-state index in [0.717, 1.165) is 46.8 Å². The summed E-state index contributed by atoms with van der Waals surface area (Å²) < 4.78 is 126. The molecule has 2 aromatic rings. The molecule has 0 radical (unpaired) electrons. The molecule has 0 aromatic heterocycles. The number of hydrogen-bond donors (Lipinski definition) is 2. The van der Waals surface area contributed by atoms with Crippen LogP contribution in [0, 0.1) is 5.82 Å². The van der Waals surface area contributed by atoms with Crippen LogP contribution in [0.2, 0.25) is 0 Å². The molecular weight excluding hydrogens is 555 g/mol. The first-order valence-electron chi connectivity index (χ1n) is 10.4. The van der Waals surface area contributed by atoms with Gasteiger partial charge in [0.15, 0.2) is 0 Å². The number of fused-ring (bicyclic) bond motifs is 1. The van der Waals surface area contributed by atoms with Crippen molar-refractivity contribution in [3.8, 4) is 5.75 Å². The van der Waals surface area contributed by atoms with Gasteiger partial charge in [-0.1, -0.05) is 0 Å². The van der Waals surface area contributed by atoms with Gasteiger partial charge in [0.2, 0.25) is 5.91 Å². The van der Waals surface area contributed by atoms with Crippen molar-refractivity contribution in [3.63, 3.8) is 0 Å². The highest BCUT2D eigenvalue weighted by Gasteiger charge is 2.60. The molecular formula is C21H18F7N3O6S. The minimum absolute atomic E-state index is 0.111. The van der Waals surface area contributed by atoms with Gasteiger partial charge in [-0.25, -0.2) is 17.6 Å². The standard InChI is InChI=1S/C21H18F7N3O6S/c1-11(32)29-9-14-10-31(38(34,35)15-5-2-12(22)3-6-15)16-8-13(4-7-17(16)36-14)30-19(33)37-18(20(23,24)25)21(26,27)28/h2-8,14,18H,9-10H2,1H3,(H,29,32)(H,30,33). The van der Waals surface area contributed by atoms with Crippen LogP contribution in [-0.4, -0.2) is 58.1 Å². The number of benzene rings is 2. The molecule has 1 unspecified atom stereocenters. The summed E-state index contributed by atoms with van der Waals surface area (Å²) in [5.41, 5.74) is -0.686. The van der Waals surface area contributed by atoms with Crippen LogP contribution < -0.4 is 19.7 Å². The second-order valence-electron chi connectivity index (χ2n) is 7.84. The van der Waals surface area contributed by atoms with Crippen LogP contribution in [-0.2, 0) is 19.6 Å². The first kappa shape index (κ1) is 28.8. The molecule has 208 valence electrons. The van der Waals surface area contributed by atoms with Crippen molar-refractivity contribution in [2.45, 2.75) is 36.4 Å². The molecule has 2 amide bonds. The van der Waals surface area contributed by atoms with Gasteiger partial charge in [-0.15, -0.1) is 0 Å². The number of ether oxygens (including phenoxy) is 2. The van der Waals surface area contributed by atoms with Crippen molar-refractivity contribution < 1.29 is 58.2 Å². The molecule has 0 spiro atoms. The summed E-state index contributed by atoms with van der Waals surface area (Å²) in [6, 6.07) is 6.74. The van der Waals surface area contributed by atoms with Gasteiger partial charge < -0.3 is 14.8 Å². The quantitative estimate of drug-likeness (QED) is 0.506. The van der Waals surface area contributed by atoms with Crippen molar-refractivity contribution in [1.82, 2.24) is 5.32 Å². The summed E-state index contributed by atoms with van der Waals surface area (Å²) in [5.74, 6) is -1.28. The Hall–Kier alpha value is -3.76. The van der Waals surface area contributed by atoms with E-state index in [1.165, 1.54) is 6.92 Å². The molecule has 2 aromatic carbocycles. The number of carbonyl (C=O) groups is 2. The maximum Gasteiger partial charge on any atom is 0.434 e. The van der Waals surface area contributed by atoms with Crippen LogP contribution in [0.5, 0.6) is 5.75 Å². The number of carbonyl (C=O) groups excluding carboxylic acids is 2. The lowest BCUT2D eigenvalue weighted by Crippen LogP contribution is -2.48. The van der Waals surface area contributed by atoms with Crippen LogP contribution >= 0.6 is 0 Å². The molecule has 9 nitrogen and oxygen atoms in total. The summed E-state index contributed by atoms with van der Waals surface area (Å²) in [6.07, 6.45) is -19.3. The fourth-order valence-electron chi connectivity index (χ4n) is 3.29. The third-order valence-electron chi connectivity index (χ3n) is 4.94. The van der Waals surface area contributed by atoms with Crippen LogP contribution in [0.15, 0.2) is 47.4 Å². The molecule has 1 aliphatic rings. The summed E-state index contributed by atoms with van der Waals surface area (Å²) in [6.45, 7) is 0.668. The molecule has 2 N–H and O–H groups in total. The van der Waals surface area contributed by atoms with E-state index < -0.39 is 64.6 Å². The minimum Gasteiger partial charge on any atom is -0.484 e. The number of amides is 2. The summed E-state index contributed by atoms with van der Waals surface area (Å²) >= 11 is 0. The number of alkyl halides is 6. The van der Waals surface area contributed by atoms with Gasteiger partial charge in [0.25, 0.3) is 16.1 Å². The van der Waals surface area contributed by atoms with Gasteiger partial charge in [-0.3, -0.25) is 14.4 Å². The van der Waals surface area contributed by atoms with Crippen LogP contribution in [0.25, 0.3) is 0 Å². The molecule has 1 aliphatic heterocycles. The molecule has 17 heteroatoms. The first-order valence-corrected chi connectivity index (χ1v) is 11.9. The zero-order chi connectivity index (χ0) is 28.5. The van der Waals surface area contributed by atoms with E-state index in [0.29, 0.717) is 0 Å². The van der Waals surface area contributed by atoms with Crippen molar-refractivity contribution in [2.24, 2.45) is 0 Å². The van der Waals surface area contributed by atoms with Gasteiger partial charge in [0.1, 0.15) is 17.7 Å². The average Bonchev–Trinajstić information content (AvgIpc) is 2.79. The van der Waals surface area contributed by atoms with Gasteiger partial charge in [0, 0.05) is 12.6 Å². The highest BCUT2D eigenvalue weighted by molar-refractivity contribution is 7.92. The molecule has 0 bridgehead atoms. The van der Waals surface area contributed by atoms with Crippen LogP contribution in [0.4, 0.5) is 46.9 Å². The first-order chi connectivity index (χ1) is 17.5. The van der Waals surface area contributed by atoms with Crippen molar-refractivity contribution in [3.05, 3.63) is 48.3 Å². The minimum atomic E-state index is -5.94. The second-order valence-corrected chi connectivity index (χ2v) is 9.71. The molecule has 1 atom stereocenters. The maximum absolute atomic E-state index is 13.3. The lowest BCUT2D eigenvalue weighted by Gasteiger charge is -2.35. The lowest BCUT2D eigenvalue weighted by molar-refractivity contribution is -0.306. The maximum atomic E-state index is 13.3. The number of sulfonamides is 1. The summed E-state index contributed by atoms with van der Waals surface area (Å²) in [4.78, 5) is 22.8. The molecule has 0 saturated heterocycles. The Balaban J connectivity index is 1.94. The predicted octanol–water partition coefficient (Wildman–Crippen LogP) is 3.96. The van der Waals surface area contributed by atoms with Gasteiger partial charge >= 0.3 is 18.4 Å². The Morgan fingerprint density at radius 2 is 1.68 bits per heavy atom. The second kappa shape index (κ2) is 10.5. The zero-order valence-corrected chi connectivity index (χ0v) is 19.9. The van der Waals surface area contributed by atoms with Crippen molar-refractivity contribution in [2.75, 3.05) is 22.7 Å². The highest BCUT2D eigenvalue weighted by Crippen LogP contribution is 2.40. The largest absolute Gasteiger partial charge is 0.484 e. The molecule has 0 fully saturated rings. The van der Waals surface area contributed by atoms with E-state index in [4.69, 9.17) is 4.74 Å². The third kappa shape index (κ3) is 6.76. The van der Waals surface area contributed by atoms with Crippen molar-refractivity contribution >= 4 is 33.4 Å². The van der Waals surface area contributed by atoms with Gasteiger partial charge in [0.05, 0.1) is 23.7 Å². The van der Waals surface area contributed by atoms with Gasteiger partial charge in [-0.05, 0) is 42.5 Å². The molecule has 3 rings (SSSR count). The topological polar surface area (TPSA) is 114 Å². The van der Waals surface area contributed by atoms with E-state index in [2.05, 4.69) is 10.1 Å². The fourth-order valence-corrected chi connectivity index (χ4v) is 4.79. The van der Waals surface area contributed by atoms with E-state index in [1.807, 2.05) is 0 Å². The van der Waals surface area contributed by atoms with E-state index >= 15 is 0 Å². The number of nitrogens with zero attached hydrogens (tertiary/aromatic N) is 1. The van der Waals surface area contributed by atoms with E-state index in [1.54, 1.807) is 5.32 Å². The lowest BCUT2D eigenvalue weighted by atomic mass is 10.2. The molecule has 38 heavy (non-hydrogen) atoms. The fraction of sp³-hybridized carbons (Fsp3) is 0.333. The third-order valence-corrected chi connectivity index (χ3v) is 6.73. The normalized spacial score (nSPS) is 15.9. The van der Waals surface area contributed by atoms with Crippen LogP contribution in [0.1, 0.15) is 6.92 Å².